The van der Waals surface area contributed by atoms with Crippen LogP contribution in [0, 0.1) is 5.82 Å². The van der Waals surface area contributed by atoms with Gasteiger partial charge in [-0.2, -0.15) is 0 Å². The highest BCUT2D eigenvalue weighted by atomic mass is 35.5. The van der Waals surface area contributed by atoms with E-state index in [1.165, 1.54) is 25.3 Å². The fourth-order valence-electron chi connectivity index (χ4n) is 1.47. The van der Waals surface area contributed by atoms with Gasteiger partial charge in [-0.1, -0.05) is 11.6 Å². The molecule has 0 aliphatic heterocycles. The van der Waals surface area contributed by atoms with Crippen LogP contribution >= 0.6 is 11.6 Å². The molecule has 0 aliphatic carbocycles. The highest BCUT2D eigenvalue weighted by Gasteiger charge is 2.25. The number of carbonyl (C=O) groups is 1. The Bertz CT molecular complexity index is 409. The minimum Gasteiger partial charge on any atom is -0.468 e. The quantitative estimate of drug-likeness (QED) is 0.845. The smallest absolute Gasteiger partial charge is 0.327 e. The summed E-state index contributed by atoms with van der Waals surface area (Å²) in [7, 11) is 1.26. The molecule has 0 fully saturated rings. The highest BCUT2D eigenvalue weighted by Crippen LogP contribution is 2.22. The van der Waals surface area contributed by atoms with E-state index in [1.54, 1.807) is 0 Å². The molecule has 1 atom stereocenters. The van der Waals surface area contributed by atoms with E-state index < -0.39 is 17.8 Å². The van der Waals surface area contributed by atoms with Crippen LogP contribution in [0.25, 0.3) is 0 Å². The number of carbonyl (C=O) groups excluding carboxylic acids is 1. The van der Waals surface area contributed by atoms with Crippen molar-refractivity contribution in [3.05, 3.63) is 34.6 Å². The van der Waals surface area contributed by atoms with Crippen LogP contribution < -0.4 is 5.32 Å². The summed E-state index contributed by atoms with van der Waals surface area (Å²) in [4.78, 5) is 11.6. The maximum absolute atomic E-state index is 13.7. The lowest BCUT2D eigenvalue weighted by Gasteiger charge is -2.20. The number of hydrogen-bond acceptors (Lipinski definition) is 3. The van der Waals surface area contributed by atoms with Gasteiger partial charge in [0.1, 0.15) is 11.9 Å². The first-order valence-corrected chi connectivity index (χ1v) is 5.62. The van der Waals surface area contributed by atoms with Crippen molar-refractivity contribution in [3.63, 3.8) is 0 Å². The molecule has 1 unspecified atom stereocenters. The molecular formula is C12H15ClFNO2. The van der Waals surface area contributed by atoms with Crippen LogP contribution in [-0.2, 0) is 9.53 Å². The van der Waals surface area contributed by atoms with E-state index in [1.807, 2.05) is 13.8 Å². The van der Waals surface area contributed by atoms with Crippen molar-refractivity contribution < 1.29 is 13.9 Å². The molecule has 94 valence electrons. The van der Waals surface area contributed by atoms with Crippen LogP contribution in [0.5, 0.6) is 0 Å². The van der Waals surface area contributed by atoms with Crippen LogP contribution in [0.1, 0.15) is 25.5 Å². The average molecular weight is 260 g/mol. The molecule has 1 N–H and O–H groups in total. The number of rotatable bonds is 4. The van der Waals surface area contributed by atoms with Crippen molar-refractivity contribution in [1.82, 2.24) is 5.32 Å². The predicted molar refractivity (Wildman–Crippen MR) is 64.4 cm³/mol. The summed E-state index contributed by atoms with van der Waals surface area (Å²) in [6.45, 7) is 3.72. The number of ether oxygens (including phenoxy) is 1. The summed E-state index contributed by atoms with van der Waals surface area (Å²) in [6.07, 6.45) is 0. The van der Waals surface area contributed by atoms with E-state index in [4.69, 9.17) is 11.6 Å². The zero-order valence-electron chi connectivity index (χ0n) is 9.96. The van der Waals surface area contributed by atoms with Gasteiger partial charge >= 0.3 is 5.97 Å². The molecule has 0 saturated heterocycles. The van der Waals surface area contributed by atoms with Crippen LogP contribution in [0.3, 0.4) is 0 Å². The third-order valence-electron chi connectivity index (χ3n) is 2.21. The minimum absolute atomic E-state index is 0.0116. The van der Waals surface area contributed by atoms with Crippen LogP contribution in [0.15, 0.2) is 18.2 Å². The number of methoxy groups -OCH3 is 1. The van der Waals surface area contributed by atoms with Gasteiger partial charge in [-0.3, -0.25) is 5.32 Å². The highest BCUT2D eigenvalue weighted by molar-refractivity contribution is 6.30. The number of halogens is 2. The first-order chi connectivity index (χ1) is 7.95. The van der Waals surface area contributed by atoms with Crippen molar-refractivity contribution in [3.8, 4) is 0 Å². The molecule has 1 rings (SSSR count). The molecule has 0 saturated carbocycles. The topological polar surface area (TPSA) is 38.3 Å². The number of benzene rings is 1. The van der Waals surface area contributed by atoms with Crippen LogP contribution in [0.4, 0.5) is 4.39 Å². The average Bonchev–Trinajstić information content (AvgIpc) is 2.28. The lowest BCUT2D eigenvalue weighted by molar-refractivity contribution is -0.143. The monoisotopic (exact) mass is 259 g/mol. The minimum atomic E-state index is -0.848. The molecule has 1 aromatic rings. The molecule has 0 aliphatic rings. The Kier molecular flexibility index (Phi) is 4.90. The van der Waals surface area contributed by atoms with Gasteiger partial charge in [0, 0.05) is 16.6 Å². The third-order valence-corrected chi connectivity index (χ3v) is 2.44. The zero-order valence-corrected chi connectivity index (χ0v) is 10.7. The summed E-state index contributed by atoms with van der Waals surface area (Å²) in [5.74, 6) is -1.03. The molecule has 0 spiro atoms. The Morgan fingerprint density at radius 1 is 1.47 bits per heavy atom. The largest absolute Gasteiger partial charge is 0.468 e. The van der Waals surface area contributed by atoms with Gasteiger partial charge in [0.25, 0.3) is 0 Å². The van der Waals surface area contributed by atoms with E-state index in [0.717, 1.165) is 0 Å². The maximum atomic E-state index is 13.7. The second-order valence-corrected chi connectivity index (χ2v) is 4.38. The first-order valence-electron chi connectivity index (χ1n) is 5.24. The van der Waals surface area contributed by atoms with E-state index in [9.17, 15) is 9.18 Å². The van der Waals surface area contributed by atoms with Gasteiger partial charge < -0.3 is 4.74 Å². The van der Waals surface area contributed by atoms with E-state index in [-0.39, 0.29) is 11.6 Å². The second-order valence-electron chi connectivity index (χ2n) is 3.94. The predicted octanol–water partition coefficient (Wildman–Crippen LogP) is 2.69. The standard InChI is InChI=1S/C12H15ClFNO2/c1-7(2)15-11(12(16)17-3)9-6-8(13)4-5-10(9)14/h4-7,11,15H,1-3H3. The Morgan fingerprint density at radius 2 is 2.12 bits per heavy atom. The van der Waals surface area contributed by atoms with Crippen molar-refractivity contribution in [2.75, 3.05) is 7.11 Å². The van der Waals surface area contributed by atoms with Crippen molar-refractivity contribution in [1.29, 1.82) is 0 Å². The molecule has 17 heavy (non-hydrogen) atoms. The van der Waals surface area contributed by atoms with Crippen molar-refractivity contribution in [2.24, 2.45) is 0 Å². The van der Waals surface area contributed by atoms with Gasteiger partial charge in [-0.25, -0.2) is 9.18 Å². The molecular weight excluding hydrogens is 245 g/mol. The molecule has 1 aromatic carbocycles. The van der Waals surface area contributed by atoms with Gasteiger partial charge in [0.05, 0.1) is 7.11 Å². The van der Waals surface area contributed by atoms with Crippen LogP contribution in [-0.4, -0.2) is 19.1 Å². The van der Waals surface area contributed by atoms with Gasteiger partial charge in [-0.05, 0) is 32.0 Å². The van der Waals surface area contributed by atoms with E-state index in [2.05, 4.69) is 10.1 Å². The molecule has 3 nitrogen and oxygen atoms in total. The summed E-state index contributed by atoms with van der Waals surface area (Å²) in [6, 6.07) is 3.25. The SMILES string of the molecule is COC(=O)C(NC(C)C)c1cc(Cl)ccc1F. The summed E-state index contributed by atoms with van der Waals surface area (Å²) in [5, 5.41) is 3.32. The van der Waals surface area contributed by atoms with E-state index >= 15 is 0 Å². The summed E-state index contributed by atoms with van der Waals surface area (Å²) < 4.78 is 18.3. The van der Waals surface area contributed by atoms with E-state index in [0.29, 0.717) is 5.02 Å². The maximum Gasteiger partial charge on any atom is 0.327 e. The summed E-state index contributed by atoms with van der Waals surface area (Å²) in [5.41, 5.74) is 0.193. The Morgan fingerprint density at radius 3 is 2.65 bits per heavy atom. The normalized spacial score (nSPS) is 12.6. The Labute approximate surface area is 105 Å². The van der Waals surface area contributed by atoms with Crippen LogP contribution in [0.2, 0.25) is 5.02 Å². The molecule has 0 amide bonds. The van der Waals surface area contributed by atoms with Gasteiger partial charge in [0.2, 0.25) is 0 Å². The first kappa shape index (κ1) is 13.9. The van der Waals surface area contributed by atoms with Crippen molar-refractivity contribution >= 4 is 17.6 Å². The molecule has 0 heterocycles. The molecule has 0 radical (unpaired) electrons. The lowest BCUT2D eigenvalue weighted by Crippen LogP contribution is -2.35. The molecule has 0 bridgehead atoms. The van der Waals surface area contributed by atoms with Gasteiger partial charge in [0.15, 0.2) is 0 Å². The molecule has 5 heteroatoms. The Hall–Kier alpha value is -1.13. The third kappa shape index (κ3) is 3.68. The zero-order chi connectivity index (χ0) is 13.0. The Balaban J connectivity index is 3.11. The second kappa shape index (κ2) is 5.98. The molecule has 0 aromatic heterocycles. The number of hydrogen-bond donors (Lipinski definition) is 1. The number of esters is 1. The fourth-order valence-corrected chi connectivity index (χ4v) is 1.65. The fraction of sp³-hybridized carbons (Fsp3) is 0.417. The lowest BCUT2D eigenvalue weighted by atomic mass is 10.1. The van der Waals surface area contributed by atoms with Crippen molar-refractivity contribution in [2.45, 2.75) is 25.9 Å². The number of nitrogens with one attached hydrogen (secondary N) is 1. The van der Waals surface area contributed by atoms with Gasteiger partial charge in [-0.15, -0.1) is 0 Å². The summed E-state index contributed by atoms with van der Waals surface area (Å²) >= 11 is 5.80.